The molecule has 5 rings (SSSR count). The van der Waals surface area contributed by atoms with Gasteiger partial charge in [-0.2, -0.15) is 0 Å². The molecule has 8 atom stereocenters. The number of allylic oxidation sites excluding steroid dienone is 1. The SMILES string of the molecule is CC[C@]1(O)CCC2(C)C(=CCC3C2CCC2(C)C3CC[C@@H]2CCCC(O)c2ccc(F)cc2)C1. The molecule has 0 saturated heterocycles. The van der Waals surface area contributed by atoms with E-state index in [-0.39, 0.29) is 5.82 Å². The lowest BCUT2D eigenvalue weighted by Crippen LogP contribution is -2.52. The number of hydrogen-bond acceptors (Lipinski definition) is 2. The van der Waals surface area contributed by atoms with Crippen LogP contribution in [0.1, 0.15) is 109 Å². The second kappa shape index (κ2) is 9.04. The molecule has 0 spiro atoms. The molecule has 0 bridgehead atoms. The Labute approximate surface area is 206 Å². The maximum atomic E-state index is 13.2. The highest BCUT2D eigenvalue weighted by Crippen LogP contribution is 2.67. The van der Waals surface area contributed by atoms with Crippen molar-refractivity contribution >= 4 is 0 Å². The van der Waals surface area contributed by atoms with Crippen molar-refractivity contribution < 1.29 is 14.6 Å². The first-order chi connectivity index (χ1) is 16.2. The Hall–Kier alpha value is -1.19. The summed E-state index contributed by atoms with van der Waals surface area (Å²) in [5, 5.41) is 21.6. The van der Waals surface area contributed by atoms with E-state index >= 15 is 0 Å². The molecule has 0 aromatic heterocycles. The summed E-state index contributed by atoms with van der Waals surface area (Å²) in [4.78, 5) is 0. The van der Waals surface area contributed by atoms with Gasteiger partial charge in [-0.05, 0) is 123 Å². The maximum Gasteiger partial charge on any atom is 0.123 e. The van der Waals surface area contributed by atoms with Gasteiger partial charge < -0.3 is 10.2 Å². The van der Waals surface area contributed by atoms with E-state index in [0.717, 1.165) is 67.8 Å². The summed E-state index contributed by atoms with van der Waals surface area (Å²) in [7, 11) is 0. The number of rotatable bonds is 6. The van der Waals surface area contributed by atoms with Gasteiger partial charge in [0.25, 0.3) is 0 Å². The van der Waals surface area contributed by atoms with Crippen LogP contribution in [0.5, 0.6) is 0 Å². The van der Waals surface area contributed by atoms with Gasteiger partial charge in [-0.15, -0.1) is 0 Å². The number of halogens is 1. The molecular weight excluding hydrogens is 423 g/mol. The monoisotopic (exact) mass is 468 g/mol. The van der Waals surface area contributed by atoms with Crippen molar-refractivity contribution in [3.63, 3.8) is 0 Å². The number of aliphatic hydroxyl groups excluding tert-OH is 1. The van der Waals surface area contributed by atoms with E-state index in [9.17, 15) is 14.6 Å². The summed E-state index contributed by atoms with van der Waals surface area (Å²) in [6, 6.07) is 6.32. The van der Waals surface area contributed by atoms with Crippen molar-refractivity contribution in [1.29, 1.82) is 0 Å². The largest absolute Gasteiger partial charge is 0.390 e. The molecular formula is C31H45FO2. The fourth-order valence-corrected chi connectivity index (χ4v) is 9.01. The van der Waals surface area contributed by atoms with Crippen molar-refractivity contribution in [2.24, 2.45) is 34.5 Å². The molecule has 3 saturated carbocycles. The van der Waals surface area contributed by atoms with Gasteiger partial charge in [0.2, 0.25) is 0 Å². The van der Waals surface area contributed by atoms with E-state index in [1.807, 2.05) is 0 Å². The first-order valence-corrected chi connectivity index (χ1v) is 14.0. The molecule has 1 aromatic rings. The van der Waals surface area contributed by atoms with Gasteiger partial charge in [-0.1, -0.05) is 51.0 Å². The van der Waals surface area contributed by atoms with Crippen LogP contribution in [0, 0.1) is 40.3 Å². The highest BCUT2D eigenvalue weighted by molar-refractivity contribution is 5.27. The Balaban J connectivity index is 1.23. The van der Waals surface area contributed by atoms with Crippen LogP contribution in [-0.4, -0.2) is 15.8 Å². The Morgan fingerprint density at radius 1 is 1.03 bits per heavy atom. The average molecular weight is 469 g/mol. The first kappa shape index (κ1) is 24.5. The maximum absolute atomic E-state index is 13.2. The normalized spacial score (nSPS) is 42.4. The Morgan fingerprint density at radius 3 is 2.53 bits per heavy atom. The van der Waals surface area contributed by atoms with Crippen LogP contribution in [0.4, 0.5) is 4.39 Å². The number of benzene rings is 1. The van der Waals surface area contributed by atoms with Crippen LogP contribution < -0.4 is 0 Å². The molecule has 4 aliphatic rings. The van der Waals surface area contributed by atoms with Crippen LogP contribution in [0.25, 0.3) is 0 Å². The molecule has 188 valence electrons. The molecule has 2 nitrogen and oxygen atoms in total. The molecule has 6 unspecified atom stereocenters. The zero-order valence-electron chi connectivity index (χ0n) is 21.5. The van der Waals surface area contributed by atoms with Gasteiger partial charge in [0.1, 0.15) is 5.82 Å². The van der Waals surface area contributed by atoms with Crippen LogP contribution in [0.3, 0.4) is 0 Å². The third-order valence-electron chi connectivity index (χ3n) is 11.4. The minimum Gasteiger partial charge on any atom is -0.390 e. The second-order valence-corrected chi connectivity index (χ2v) is 12.8. The van der Waals surface area contributed by atoms with E-state index in [4.69, 9.17) is 0 Å². The molecule has 3 fully saturated rings. The van der Waals surface area contributed by atoms with Crippen molar-refractivity contribution in [3.8, 4) is 0 Å². The third-order valence-corrected chi connectivity index (χ3v) is 11.4. The fraction of sp³-hybridized carbons (Fsp3) is 0.742. The molecule has 0 radical (unpaired) electrons. The zero-order valence-corrected chi connectivity index (χ0v) is 21.5. The van der Waals surface area contributed by atoms with E-state index < -0.39 is 11.7 Å². The summed E-state index contributed by atoms with van der Waals surface area (Å²) in [6.07, 6.45) is 15.5. The van der Waals surface area contributed by atoms with E-state index in [2.05, 4.69) is 26.8 Å². The fourth-order valence-electron chi connectivity index (χ4n) is 9.01. The molecule has 0 aliphatic heterocycles. The average Bonchev–Trinajstić information content (AvgIpc) is 3.16. The quantitative estimate of drug-likeness (QED) is 0.419. The third kappa shape index (κ3) is 4.09. The van der Waals surface area contributed by atoms with Gasteiger partial charge in [0.05, 0.1) is 11.7 Å². The van der Waals surface area contributed by atoms with Crippen molar-refractivity contribution in [2.45, 2.75) is 110 Å². The van der Waals surface area contributed by atoms with Crippen molar-refractivity contribution in [2.75, 3.05) is 0 Å². The first-order valence-electron chi connectivity index (χ1n) is 14.0. The summed E-state index contributed by atoms with van der Waals surface area (Å²) >= 11 is 0. The Kier molecular flexibility index (Phi) is 6.51. The predicted molar refractivity (Wildman–Crippen MR) is 136 cm³/mol. The van der Waals surface area contributed by atoms with Gasteiger partial charge in [-0.25, -0.2) is 4.39 Å². The molecule has 0 amide bonds. The van der Waals surface area contributed by atoms with Gasteiger partial charge in [0.15, 0.2) is 0 Å². The smallest absolute Gasteiger partial charge is 0.123 e. The zero-order chi connectivity index (χ0) is 24.1. The van der Waals surface area contributed by atoms with Gasteiger partial charge in [0, 0.05) is 0 Å². The number of aliphatic hydroxyl groups is 2. The Morgan fingerprint density at radius 2 is 1.79 bits per heavy atom. The molecule has 4 aliphatic carbocycles. The lowest BCUT2D eigenvalue weighted by Gasteiger charge is -2.59. The molecule has 0 heterocycles. The number of fused-ring (bicyclic) bond motifs is 5. The summed E-state index contributed by atoms with van der Waals surface area (Å²) in [5.41, 5.74) is 2.65. The van der Waals surface area contributed by atoms with E-state index in [1.54, 1.807) is 17.7 Å². The number of hydrogen-bond donors (Lipinski definition) is 2. The van der Waals surface area contributed by atoms with Gasteiger partial charge >= 0.3 is 0 Å². The van der Waals surface area contributed by atoms with Crippen molar-refractivity contribution in [3.05, 3.63) is 47.3 Å². The molecule has 2 N–H and O–H groups in total. The lowest BCUT2D eigenvalue weighted by atomic mass is 9.46. The summed E-state index contributed by atoms with van der Waals surface area (Å²) < 4.78 is 13.2. The highest BCUT2D eigenvalue weighted by atomic mass is 19.1. The summed E-state index contributed by atoms with van der Waals surface area (Å²) in [6.45, 7) is 7.25. The van der Waals surface area contributed by atoms with Crippen molar-refractivity contribution in [1.82, 2.24) is 0 Å². The molecule has 34 heavy (non-hydrogen) atoms. The standard InChI is InChI=1S/C31H45FO2/c1-4-31(34)19-18-30(3)23(20-31)10-14-25-26-15-11-22(29(26,2)17-16-27(25)30)6-5-7-28(33)21-8-12-24(32)13-9-21/h8-10,12-13,22,25-28,33-34H,4-7,11,14-20H2,1-3H3/t22-,25?,26?,27?,28?,29?,30?,31-/m0/s1. The van der Waals surface area contributed by atoms with E-state index in [0.29, 0.717) is 10.8 Å². The van der Waals surface area contributed by atoms with Gasteiger partial charge in [-0.3, -0.25) is 0 Å². The Bertz CT molecular complexity index is 909. The summed E-state index contributed by atoms with van der Waals surface area (Å²) in [5.74, 6) is 2.92. The lowest BCUT2D eigenvalue weighted by molar-refractivity contribution is -0.0718. The minimum atomic E-state index is -0.490. The minimum absolute atomic E-state index is 0.246. The predicted octanol–water partition coefficient (Wildman–Crippen LogP) is 7.75. The molecule has 1 aromatic carbocycles. The second-order valence-electron chi connectivity index (χ2n) is 12.8. The van der Waals surface area contributed by atoms with Crippen LogP contribution in [-0.2, 0) is 0 Å². The highest BCUT2D eigenvalue weighted by Gasteiger charge is 2.59. The van der Waals surface area contributed by atoms with Crippen LogP contribution in [0.2, 0.25) is 0 Å². The van der Waals surface area contributed by atoms with Crippen LogP contribution in [0.15, 0.2) is 35.9 Å². The molecule has 3 heteroatoms. The van der Waals surface area contributed by atoms with Crippen LogP contribution >= 0.6 is 0 Å². The topological polar surface area (TPSA) is 40.5 Å². The van der Waals surface area contributed by atoms with E-state index in [1.165, 1.54) is 50.7 Å².